The van der Waals surface area contributed by atoms with Crippen LogP contribution >= 0.6 is 0 Å². The van der Waals surface area contributed by atoms with Gasteiger partial charge in [0.25, 0.3) is 0 Å². The summed E-state index contributed by atoms with van der Waals surface area (Å²) in [5, 5.41) is 20.8. The second-order valence-corrected chi connectivity index (χ2v) is 8.28. The SMILES string of the molecule is COC(=O)C[C@@H](c1ccc(OC)c(O)c1)c1oc(CN2CCc3ccccc3C2)cc(=O)c1O. The number of phenols is 1. The van der Waals surface area contributed by atoms with E-state index in [1.54, 1.807) is 12.1 Å². The molecule has 4 rings (SSSR count). The van der Waals surface area contributed by atoms with Crippen molar-refractivity contribution in [2.75, 3.05) is 20.8 Å². The Kier molecular flexibility index (Phi) is 6.88. The van der Waals surface area contributed by atoms with Crippen LogP contribution in [0.4, 0.5) is 0 Å². The van der Waals surface area contributed by atoms with E-state index in [1.165, 1.54) is 37.5 Å². The summed E-state index contributed by atoms with van der Waals surface area (Å²) in [7, 11) is 2.68. The second-order valence-electron chi connectivity index (χ2n) is 8.28. The van der Waals surface area contributed by atoms with Crippen molar-refractivity contribution in [3.8, 4) is 17.2 Å². The van der Waals surface area contributed by atoms with Crippen LogP contribution in [0.5, 0.6) is 17.2 Å². The average molecular weight is 466 g/mol. The quantitative estimate of drug-likeness (QED) is 0.512. The summed E-state index contributed by atoms with van der Waals surface area (Å²) in [4.78, 5) is 27.0. The number of benzene rings is 2. The Morgan fingerprint density at radius 2 is 1.88 bits per heavy atom. The van der Waals surface area contributed by atoms with Gasteiger partial charge in [0.2, 0.25) is 11.2 Å². The van der Waals surface area contributed by atoms with Crippen LogP contribution in [-0.2, 0) is 29.0 Å². The van der Waals surface area contributed by atoms with Gasteiger partial charge in [-0.15, -0.1) is 0 Å². The van der Waals surface area contributed by atoms with Crippen LogP contribution in [0.3, 0.4) is 0 Å². The minimum atomic E-state index is -0.848. The van der Waals surface area contributed by atoms with Gasteiger partial charge in [0, 0.05) is 19.2 Å². The molecule has 2 N–H and O–H groups in total. The Bertz CT molecular complexity index is 1250. The summed E-state index contributed by atoms with van der Waals surface area (Å²) in [6.45, 7) is 1.89. The molecule has 2 aromatic carbocycles. The zero-order valence-electron chi connectivity index (χ0n) is 19.1. The van der Waals surface area contributed by atoms with E-state index in [1.807, 2.05) is 12.1 Å². The van der Waals surface area contributed by atoms with Crippen LogP contribution in [0.1, 0.15) is 40.5 Å². The van der Waals surface area contributed by atoms with Crippen LogP contribution in [-0.4, -0.2) is 41.8 Å². The fourth-order valence-electron chi connectivity index (χ4n) is 4.31. The lowest BCUT2D eigenvalue weighted by atomic mass is 9.92. The molecular formula is C26H27NO7. The molecule has 34 heavy (non-hydrogen) atoms. The molecule has 2 heterocycles. The Morgan fingerprint density at radius 1 is 1.12 bits per heavy atom. The van der Waals surface area contributed by atoms with Crippen molar-refractivity contribution in [3.63, 3.8) is 0 Å². The van der Waals surface area contributed by atoms with Crippen molar-refractivity contribution in [3.05, 3.63) is 87.0 Å². The lowest BCUT2D eigenvalue weighted by Crippen LogP contribution is -2.30. The van der Waals surface area contributed by atoms with Gasteiger partial charge < -0.3 is 24.1 Å². The summed E-state index contributed by atoms with van der Waals surface area (Å²) in [5.74, 6) is -1.53. The largest absolute Gasteiger partial charge is 0.504 e. The fraction of sp³-hybridized carbons (Fsp3) is 0.308. The number of hydrogen-bond acceptors (Lipinski definition) is 8. The van der Waals surface area contributed by atoms with Crippen molar-refractivity contribution in [1.82, 2.24) is 4.90 Å². The summed E-state index contributed by atoms with van der Waals surface area (Å²) in [6.07, 6.45) is 0.695. The molecule has 1 aromatic heterocycles. The molecule has 178 valence electrons. The first-order valence-corrected chi connectivity index (χ1v) is 11.0. The number of methoxy groups -OCH3 is 2. The number of aromatic hydroxyl groups is 2. The molecule has 0 radical (unpaired) electrons. The van der Waals surface area contributed by atoms with Crippen LogP contribution in [0.25, 0.3) is 0 Å². The molecular weight excluding hydrogens is 438 g/mol. The minimum absolute atomic E-state index is 0.0464. The summed E-state index contributed by atoms with van der Waals surface area (Å²) < 4.78 is 15.9. The number of esters is 1. The molecule has 0 saturated heterocycles. The first kappa shape index (κ1) is 23.4. The van der Waals surface area contributed by atoms with Gasteiger partial charge in [-0.3, -0.25) is 14.5 Å². The molecule has 0 amide bonds. The Labute approximate surface area is 197 Å². The Hall–Kier alpha value is -3.78. The zero-order chi connectivity index (χ0) is 24.2. The van der Waals surface area contributed by atoms with E-state index < -0.39 is 23.1 Å². The Morgan fingerprint density at radius 3 is 2.59 bits per heavy atom. The van der Waals surface area contributed by atoms with E-state index in [9.17, 15) is 19.8 Å². The van der Waals surface area contributed by atoms with Crippen molar-refractivity contribution in [2.24, 2.45) is 0 Å². The molecule has 8 heteroatoms. The van der Waals surface area contributed by atoms with Gasteiger partial charge in [-0.05, 0) is 35.2 Å². The summed E-state index contributed by atoms with van der Waals surface area (Å²) >= 11 is 0. The number of fused-ring (bicyclic) bond motifs is 1. The molecule has 1 atom stereocenters. The van der Waals surface area contributed by atoms with Crippen molar-refractivity contribution < 1.29 is 28.9 Å². The molecule has 3 aromatic rings. The van der Waals surface area contributed by atoms with E-state index in [2.05, 4.69) is 17.0 Å². The first-order chi connectivity index (χ1) is 16.4. The average Bonchev–Trinajstić information content (AvgIpc) is 2.84. The molecule has 0 fully saturated rings. The topological polar surface area (TPSA) is 109 Å². The van der Waals surface area contributed by atoms with E-state index in [0.29, 0.717) is 24.4 Å². The molecule has 1 aliphatic heterocycles. The maximum absolute atomic E-state index is 12.6. The maximum atomic E-state index is 12.6. The number of phenolic OH excluding ortho intramolecular Hbond substituents is 1. The third-order valence-electron chi connectivity index (χ3n) is 6.11. The molecule has 0 saturated carbocycles. The molecule has 0 aliphatic carbocycles. The number of carbonyl (C=O) groups excluding carboxylic acids is 1. The highest BCUT2D eigenvalue weighted by atomic mass is 16.5. The van der Waals surface area contributed by atoms with Gasteiger partial charge >= 0.3 is 5.97 Å². The predicted molar refractivity (Wildman–Crippen MR) is 124 cm³/mol. The second kappa shape index (κ2) is 10.0. The number of carbonyl (C=O) groups is 1. The fourth-order valence-corrected chi connectivity index (χ4v) is 4.31. The van der Waals surface area contributed by atoms with Gasteiger partial charge in [-0.1, -0.05) is 30.3 Å². The van der Waals surface area contributed by atoms with E-state index in [4.69, 9.17) is 13.9 Å². The monoisotopic (exact) mass is 465 g/mol. The number of nitrogens with zero attached hydrogens (tertiary/aromatic N) is 1. The highest BCUT2D eigenvalue weighted by Crippen LogP contribution is 2.37. The van der Waals surface area contributed by atoms with Gasteiger partial charge in [-0.2, -0.15) is 0 Å². The van der Waals surface area contributed by atoms with Gasteiger partial charge in [0.1, 0.15) is 5.76 Å². The molecule has 0 unspecified atom stereocenters. The standard InChI is InChI=1S/C26H27NO7/c1-32-23-8-7-17(11-21(23)28)20(13-24(30)33-2)26-25(31)22(29)12-19(34-26)15-27-10-9-16-5-3-4-6-18(16)14-27/h3-8,11-12,20,28,31H,9-10,13-15H2,1-2H3/t20-/m0/s1. The smallest absolute Gasteiger partial charge is 0.306 e. The predicted octanol–water partition coefficient (Wildman–Crippen LogP) is 3.31. The van der Waals surface area contributed by atoms with Crippen molar-refractivity contribution in [1.29, 1.82) is 0 Å². The lowest BCUT2D eigenvalue weighted by molar-refractivity contribution is -0.140. The third-order valence-corrected chi connectivity index (χ3v) is 6.11. The lowest BCUT2D eigenvalue weighted by Gasteiger charge is -2.28. The van der Waals surface area contributed by atoms with Gasteiger partial charge in [0.15, 0.2) is 17.3 Å². The van der Waals surface area contributed by atoms with Crippen molar-refractivity contribution >= 4 is 5.97 Å². The summed E-state index contributed by atoms with van der Waals surface area (Å²) in [5.41, 5.74) is 2.41. The van der Waals surface area contributed by atoms with E-state index >= 15 is 0 Å². The number of ether oxygens (including phenoxy) is 2. The van der Waals surface area contributed by atoms with Gasteiger partial charge in [-0.25, -0.2) is 0 Å². The van der Waals surface area contributed by atoms with E-state index in [-0.39, 0.29) is 23.7 Å². The first-order valence-electron chi connectivity index (χ1n) is 11.0. The number of hydrogen-bond donors (Lipinski definition) is 2. The Balaban J connectivity index is 1.68. The third kappa shape index (κ3) is 4.92. The normalized spacial score (nSPS) is 14.3. The highest BCUT2D eigenvalue weighted by Gasteiger charge is 2.28. The van der Waals surface area contributed by atoms with Crippen LogP contribution in [0.15, 0.2) is 57.7 Å². The number of rotatable bonds is 7. The molecule has 0 spiro atoms. The van der Waals surface area contributed by atoms with Crippen LogP contribution in [0, 0.1) is 0 Å². The molecule has 8 nitrogen and oxygen atoms in total. The minimum Gasteiger partial charge on any atom is -0.504 e. The van der Waals surface area contributed by atoms with Crippen LogP contribution in [0.2, 0.25) is 0 Å². The van der Waals surface area contributed by atoms with Crippen LogP contribution < -0.4 is 10.2 Å². The molecule has 1 aliphatic rings. The highest BCUT2D eigenvalue weighted by molar-refractivity contribution is 5.71. The van der Waals surface area contributed by atoms with E-state index in [0.717, 1.165) is 13.0 Å². The van der Waals surface area contributed by atoms with Crippen molar-refractivity contribution in [2.45, 2.75) is 31.8 Å². The zero-order valence-corrected chi connectivity index (χ0v) is 19.1. The summed E-state index contributed by atoms with van der Waals surface area (Å²) in [6, 6.07) is 14.1. The maximum Gasteiger partial charge on any atom is 0.306 e. The molecule has 0 bridgehead atoms. The van der Waals surface area contributed by atoms with Gasteiger partial charge in [0.05, 0.1) is 33.1 Å².